The van der Waals surface area contributed by atoms with E-state index in [0.717, 1.165) is 19.5 Å². The third kappa shape index (κ3) is 3.85. The highest BCUT2D eigenvalue weighted by Gasteiger charge is 2.37. The van der Waals surface area contributed by atoms with Crippen molar-refractivity contribution < 1.29 is 19.4 Å². The minimum absolute atomic E-state index is 0.0866. The number of aromatic nitrogens is 1. The van der Waals surface area contributed by atoms with Gasteiger partial charge in [0.25, 0.3) is 5.91 Å². The molecule has 0 aromatic carbocycles. The van der Waals surface area contributed by atoms with Crippen molar-refractivity contribution >= 4 is 5.91 Å². The Bertz CT molecular complexity index is 569. The van der Waals surface area contributed by atoms with Crippen molar-refractivity contribution in [1.29, 1.82) is 0 Å². The highest BCUT2D eigenvalue weighted by Crippen LogP contribution is 2.25. The lowest BCUT2D eigenvalue weighted by Crippen LogP contribution is -2.46. The van der Waals surface area contributed by atoms with Gasteiger partial charge in [-0.15, -0.1) is 0 Å². The molecule has 0 bridgehead atoms. The number of hydrogen-bond donors (Lipinski definition) is 2. The van der Waals surface area contributed by atoms with Crippen LogP contribution in [0.4, 0.5) is 0 Å². The van der Waals surface area contributed by atoms with Crippen LogP contribution in [0.25, 0.3) is 0 Å². The van der Waals surface area contributed by atoms with E-state index in [1.54, 1.807) is 18.3 Å². The summed E-state index contributed by atoms with van der Waals surface area (Å²) in [5.74, 6) is 0.226. The summed E-state index contributed by atoms with van der Waals surface area (Å²) >= 11 is 0. The van der Waals surface area contributed by atoms with Crippen LogP contribution in [0.5, 0.6) is 5.88 Å². The van der Waals surface area contributed by atoms with E-state index in [1.165, 1.54) is 0 Å². The molecule has 132 valence electrons. The first-order valence-corrected chi connectivity index (χ1v) is 8.56. The van der Waals surface area contributed by atoms with Crippen LogP contribution in [0.3, 0.4) is 0 Å². The van der Waals surface area contributed by atoms with Gasteiger partial charge in [0.2, 0.25) is 5.88 Å². The summed E-state index contributed by atoms with van der Waals surface area (Å²) < 4.78 is 11.2. The van der Waals surface area contributed by atoms with Crippen LogP contribution in [-0.2, 0) is 4.74 Å². The Kier molecular flexibility index (Phi) is 5.65. The van der Waals surface area contributed by atoms with E-state index in [0.29, 0.717) is 37.1 Å². The molecule has 3 rings (SSSR count). The van der Waals surface area contributed by atoms with E-state index in [2.05, 4.69) is 15.2 Å². The zero-order chi connectivity index (χ0) is 16.9. The van der Waals surface area contributed by atoms with Crippen LogP contribution in [-0.4, -0.2) is 72.0 Å². The largest absolute Gasteiger partial charge is 0.477 e. The van der Waals surface area contributed by atoms with Crippen molar-refractivity contribution in [1.82, 2.24) is 15.2 Å². The molecule has 0 spiro atoms. The molecular formula is C17H25N3O4. The average Bonchev–Trinajstić information content (AvgIpc) is 2.97. The molecule has 1 aromatic heterocycles. The maximum Gasteiger partial charge on any atom is 0.257 e. The fourth-order valence-corrected chi connectivity index (χ4v) is 3.44. The summed E-state index contributed by atoms with van der Waals surface area (Å²) in [6.45, 7) is 4.77. The Morgan fingerprint density at radius 2 is 2.42 bits per heavy atom. The second kappa shape index (κ2) is 7.92. The average molecular weight is 335 g/mol. The van der Waals surface area contributed by atoms with Crippen LogP contribution < -0.4 is 10.1 Å². The molecule has 1 amide bonds. The number of fused-ring (bicyclic) bond motifs is 1. The van der Waals surface area contributed by atoms with Crippen LogP contribution in [0.15, 0.2) is 18.3 Å². The second-order valence-electron chi connectivity index (χ2n) is 6.27. The molecule has 7 nitrogen and oxygen atoms in total. The van der Waals surface area contributed by atoms with Crippen molar-refractivity contribution in [2.75, 3.05) is 32.9 Å². The van der Waals surface area contributed by atoms with Gasteiger partial charge in [0, 0.05) is 38.0 Å². The molecule has 0 saturated carbocycles. The van der Waals surface area contributed by atoms with Gasteiger partial charge in [-0.25, -0.2) is 4.98 Å². The molecule has 0 unspecified atom stereocenters. The smallest absolute Gasteiger partial charge is 0.257 e. The molecule has 2 saturated heterocycles. The fourth-order valence-electron chi connectivity index (χ4n) is 3.44. The number of nitrogens with one attached hydrogen (secondary N) is 1. The van der Waals surface area contributed by atoms with E-state index in [4.69, 9.17) is 14.6 Å². The first-order valence-electron chi connectivity index (χ1n) is 8.56. The molecule has 0 radical (unpaired) electrons. The van der Waals surface area contributed by atoms with Crippen molar-refractivity contribution in [3.8, 4) is 5.88 Å². The number of hydrogen-bond acceptors (Lipinski definition) is 6. The number of carbonyl (C=O) groups excluding carboxylic acids is 1. The first-order chi connectivity index (χ1) is 11.7. The van der Waals surface area contributed by atoms with Gasteiger partial charge in [0.1, 0.15) is 5.56 Å². The van der Waals surface area contributed by atoms with Crippen LogP contribution in [0.1, 0.15) is 30.1 Å². The SMILES string of the molecule is CCOc1ncccc1C(=O)N[C@H]1C[C@H]2CO[C@@H](CCO)CN2C1. The lowest BCUT2D eigenvalue weighted by molar-refractivity contribution is -0.0566. The Labute approximate surface area is 142 Å². The minimum atomic E-state index is -0.149. The fraction of sp³-hybridized carbons (Fsp3) is 0.647. The summed E-state index contributed by atoms with van der Waals surface area (Å²) in [4.78, 5) is 19.0. The van der Waals surface area contributed by atoms with Gasteiger partial charge in [-0.3, -0.25) is 9.69 Å². The summed E-state index contributed by atoms with van der Waals surface area (Å²) in [6, 6.07) is 3.90. The van der Waals surface area contributed by atoms with E-state index in [1.807, 2.05) is 6.92 Å². The highest BCUT2D eigenvalue weighted by atomic mass is 16.5. The molecule has 2 N–H and O–H groups in total. The molecule has 7 heteroatoms. The number of nitrogens with zero attached hydrogens (tertiary/aromatic N) is 2. The monoisotopic (exact) mass is 335 g/mol. The summed E-state index contributed by atoms with van der Waals surface area (Å²) in [5.41, 5.74) is 0.471. The first kappa shape index (κ1) is 17.1. The molecule has 0 aliphatic carbocycles. The normalized spacial score (nSPS) is 26.8. The predicted molar refractivity (Wildman–Crippen MR) is 88.1 cm³/mol. The quantitative estimate of drug-likeness (QED) is 0.785. The molecule has 3 atom stereocenters. The van der Waals surface area contributed by atoms with E-state index in [-0.39, 0.29) is 24.7 Å². The zero-order valence-electron chi connectivity index (χ0n) is 14.0. The Morgan fingerprint density at radius 1 is 1.54 bits per heavy atom. The van der Waals surface area contributed by atoms with Gasteiger partial charge in [0.05, 0.1) is 19.3 Å². The zero-order valence-corrected chi connectivity index (χ0v) is 14.0. The number of carbonyl (C=O) groups is 1. The van der Waals surface area contributed by atoms with E-state index >= 15 is 0 Å². The molecule has 2 aliphatic heterocycles. The summed E-state index contributed by atoms with van der Waals surface area (Å²) in [7, 11) is 0. The maximum atomic E-state index is 12.6. The van der Waals surface area contributed by atoms with E-state index < -0.39 is 0 Å². The van der Waals surface area contributed by atoms with E-state index in [9.17, 15) is 4.79 Å². The minimum Gasteiger partial charge on any atom is -0.477 e. The van der Waals surface area contributed by atoms with Crippen LogP contribution in [0.2, 0.25) is 0 Å². The topological polar surface area (TPSA) is 83.9 Å². The number of ether oxygens (including phenoxy) is 2. The Hall–Kier alpha value is -1.70. The molecule has 3 heterocycles. The molecule has 2 aliphatic rings. The lowest BCUT2D eigenvalue weighted by Gasteiger charge is -2.34. The van der Waals surface area contributed by atoms with Gasteiger partial charge in [-0.05, 0) is 31.9 Å². The number of aliphatic hydroxyl groups is 1. The van der Waals surface area contributed by atoms with Gasteiger partial charge in [-0.2, -0.15) is 0 Å². The predicted octanol–water partition coefficient (Wildman–Crippen LogP) is 0.434. The van der Waals surface area contributed by atoms with Crippen molar-refractivity contribution in [3.05, 3.63) is 23.9 Å². The van der Waals surface area contributed by atoms with Gasteiger partial charge < -0.3 is 19.9 Å². The highest BCUT2D eigenvalue weighted by molar-refractivity contribution is 5.96. The maximum absolute atomic E-state index is 12.6. The van der Waals surface area contributed by atoms with Gasteiger partial charge in [0.15, 0.2) is 0 Å². The summed E-state index contributed by atoms with van der Waals surface area (Å²) in [6.07, 6.45) is 3.25. The van der Waals surface area contributed by atoms with Crippen LogP contribution in [0, 0.1) is 0 Å². The van der Waals surface area contributed by atoms with Crippen molar-refractivity contribution in [3.63, 3.8) is 0 Å². The second-order valence-corrected chi connectivity index (χ2v) is 6.27. The number of morpholine rings is 1. The molecule has 24 heavy (non-hydrogen) atoms. The summed E-state index contributed by atoms with van der Waals surface area (Å²) in [5, 5.41) is 12.1. The number of rotatable bonds is 6. The number of pyridine rings is 1. The standard InChI is InChI=1S/C17H25N3O4/c1-2-23-17-15(4-3-6-18-17)16(22)19-12-8-13-11-24-14(5-7-21)10-20(13)9-12/h3-4,6,12-14,21H,2,5,7-11H2,1H3,(H,19,22)/t12-,13-,14-/m0/s1. The Morgan fingerprint density at radius 3 is 3.21 bits per heavy atom. The molecule has 2 fully saturated rings. The van der Waals surface area contributed by atoms with Crippen LogP contribution >= 0.6 is 0 Å². The molecular weight excluding hydrogens is 310 g/mol. The van der Waals surface area contributed by atoms with Gasteiger partial charge >= 0.3 is 0 Å². The number of aliphatic hydroxyl groups excluding tert-OH is 1. The third-order valence-corrected chi connectivity index (χ3v) is 4.57. The van der Waals surface area contributed by atoms with Gasteiger partial charge in [-0.1, -0.05) is 0 Å². The van der Waals surface area contributed by atoms with Crippen molar-refractivity contribution in [2.45, 2.75) is 38.0 Å². The number of amides is 1. The Balaban J connectivity index is 1.59. The molecule has 1 aromatic rings. The van der Waals surface area contributed by atoms with Crippen molar-refractivity contribution in [2.24, 2.45) is 0 Å². The third-order valence-electron chi connectivity index (χ3n) is 4.57. The lowest BCUT2D eigenvalue weighted by atomic mass is 10.1.